The zero-order chi connectivity index (χ0) is 15.1. The van der Waals surface area contributed by atoms with Crippen LogP contribution in [0.2, 0.25) is 0 Å². The molecule has 2 amide bonds. The first kappa shape index (κ1) is 16.6. The number of hydrogen-bond donors (Lipinski definition) is 1. The summed E-state index contributed by atoms with van der Waals surface area (Å²) in [4.78, 5) is 24.7. The van der Waals surface area contributed by atoms with Crippen LogP contribution in [0.25, 0.3) is 0 Å². The molecule has 0 aromatic carbocycles. The van der Waals surface area contributed by atoms with Crippen molar-refractivity contribution in [2.75, 3.05) is 33.3 Å². The van der Waals surface area contributed by atoms with E-state index in [9.17, 15) is 18.4 Å². The summed E-state index contributed by atoms with van der Waals surface area (Å²) in [6, 6.07) is -0.408. The number of urea groups is 1. The third-order valence-electron chi connectivity index (χ3n) is 3.12. The molecular formula is C12H20F2N2O4. The summed E-state index contributed by atoms with van der Waals surface area (Å²) >= 11 is 0. The van der Waals surface area contributed by atoms with Gasteiger partial charge in [-0.1, -0.05) is 0 Å². The van der Waals surface area contributed by atoms with Gasteiger partial charge in [0.25, 0.3) is 6.43 Å². The average Bonchev–Trinajstić information content (AvgIpc) is 2.37. The molecule has 0 unspecified atom stereocenters. The Bertz CT molecular complexity index is 333. The Morgan fingerprint density at radius 3 is 2.50 bits per heavy atom. The highest BCUT2D eigenvalue weighted by Crippen LogP contribution is 2.15. The molecule has 1 heterocycles. The second-order valence-electron chi connectivity index (χ2n) is 4.76. The molecule has 1 N–H and O–H groups in total. The predicted molar refractivity (Wildman–Crippen MR) is 66.8 cm³/mol. The van der Waals surface area contributed by atoms with Gasteiger partial charge in [-0.05, 0) is 12.8 Å². The molecule has 1 aliphatic heterocycles. The lowest BCUT2D eigenvalue weighted by Crippen LogP contribution is -2.47. The Kier molecular flexibility index (Phi) is 6.63. The van der Waals surface area contributed by atoms with E-state index in [0.29, 0.717) is 25.9 Å². The number of rotatable bonds is 6. The highest BCUT2D eigenvalue weighted by atomic mass is 19.3. The van der Waals surface area contributed by atoms with Crippen LogP contribution in [0.1, 0.15) is 19.3 Å². The molecule has 6 nitrogen and oxygen atoms in total. The summed E-state index contributed by atoms with van der Waals surface area (Å²) in [7, 11) is 1.35. The number of alkyl halides is 2. The second-order valence-corrected chi connectivity index (χ2v) is 4.76. The van der Waals surface area contributed by atoms with Crippen molar-refractivity contribution in [3.63, 3.8) is 0 Å². The van der Waals surface area contributed by atoms with Crippen LogP contribution in [0.4, 0.5) is 13.6 Å². The van der Waals surface area contributed by atoms with Gasteiger partial charge in [-0.2, -0.15) is 0 Å². The van der Waals surface area contributed by atoms with E-state index in [1.807, 2.05) is 0 Å². The fourth-order valence-corrected chi connectivity index (χ4v) is 2.05. The minimum Gasteiger partial charge on any atom is -0.481 e. The molecule has 20 heavy (non-hydrogen) atoms. The van der Waals surface area contributed by atoms with Crippen molar-refractivity contribution >= 4 is 12.0 Å². The summed E-state index contributed by atoms with van der Waals surface area (Å²) < 4.78 is 29.8. The van der Waals surface area contributed by atoms with Gasteiger partial charge in [0.1, 0.15) is 0 Å². The fourth-order valence-electron chi connectivity index (χ4n) is 2.05. The summed E-state index contributed by atoms with van der Waals surface area (Å²) in [6.07, 6.45) is -1.47. The Morgan fingerprint density at radius 1 is 1.40 bits per heavy atom. The number of carboxylic acids is 1. The Labute approximate surface area is 116 Å². The zero-order valence-corrected chi connectivity index (χ0v) is 11.4. The van der Waals surface area contributed by atoms with Gasteiger partial charge in [0.15, 0.2) is 0 Å². The van der Waals surface area contributed by atoms with Crippen LogP contribution in [0.15, 0.2) is 0 Å². The van der Waals surface area contributed by atoms with E-state index in [1.165, 1.54) is 11.9 Å². The molecule has 0 aliphatic carbocycles. The number of carbonyl (C=O) groups excluding carboxylic acids is 1. The quantitative estimate of drug-likeness (QED) is 0.800. The van der Waals surface area contributed by atoms with E-state index >= 15 is 0 Å². The number of piperidine rings is 1. The molecule has 1 saturated heterocycles. The Balaban J connectivity index is 2.27. The first-order valence-corrected chi connectivity index (χ1v) is 6.51. The minimum atomic E-state index is -2.54. The molecule has 0 saturated carbocycles. The zero-order valence-electron chi connectivity index (χ0n) is 11.4. The fraction of sp³-hybridized carbons (Fsp3) is 0.833. The SMILES string of the molecule is CN(CC(F)F)C(=O)N1CCC(OCCC(=O)O)CC1. The molecule has 0 bridgehead atoms. The van der Waals surface area contributed by atoms with Crippen LogP contribution in [0, 0.1) is 0 Å². The van der Waals surface area contributed by atoms with Crippen LogP contribution < -0.4 is 0 Å². The van der Waals surface area contributed by atoms with Crippen molar-refractivity contribution in [1.82, 2.24) is 9.80 Å². The number of likely N-dealkylation sites (tertiary alicyclic amines) is 1. The summed E-state index contributed by atoms with van der Waals surface area (Å²) in [6.45, 7) is 0.446. The van der Waals surface area contributed by atoms with Gasteiger partial charge in [-0.3, -0.25) is 4.79 Å². The normalized spacial score (nSPS) is 16.5. The first-order valence-electron chi connectivity index (χ1n) is 6.51. The maximum absolute atomic E-state index is 12.2. The maximum atomic E-state index is 12.2. The lowest BCUT2D eigenvalue weighted by molar-refractivity contribution is -0.138. The Morgan fingerprint density at radius 2 is 2.00 bits per heavy atom. The second kappa shape index (κ2) is 7.98. The van der Waals surface area contributed by atoms with Crippen molar-refractivity contribution in [3.05, 3.63) is 0 Å². The topological polar surface area (TPSA) is 70.1 Å². The average molecular weight is 294 g/mol. The van der Waals surface area contributed by atoms with Crippen molar-refractivity contribution in [2.24, 2.45) is 0 Å². The lowest BCUT2D eigenvalue weighted by atomic mass is 10.1. The van der Waals surface area contributed by atoms with Gasteiger partial charge >= 0.3 is 12.0 Å². The number of carbonyl (C=O) groups is 2. The summed E-state index contributed by atoms with van der Waals surface area (Å²) in [5, 5.41) is 8.49. The van der Waals surface area contributed by atoms with Crippen LogP contribution >= 0.6 is 0 Å². The summed E-state index contributed by atoms with van der Waals surface area (Å²) in [5.74, 6) is -0.911. The number of amides is 2. The van der Waals surface area contributed by atoms with Crippen LogP contribution in [0.3, 0.4) is 0 Å². The van der Waals surface area contributed by atoms with Gasteiger partial charge < -0.3 is 19.6 Å². The molecule has 0 aromatic rings. The third kappa shape index (κ3) is 5.68. The molecule has 0 aromatic heterocycles. The molecular weight excluding hydrogens is 274 g/mol. The van der Waals surface area contributed by atoms with Gasteiger partial charge in [0, 0.05) is 20.1 Å². The van der Waals surface area contributed by atoms with Crippen LogP contribution in [-0.4, -0.2) is 72.7 Å². The van der Waals surface area contributed by atoms with Gasteiger partial charge in [0.05, 0.1) is 25.7 Å². The van der Waals surface area contributed by atoms with Crippen molar-refractivity contribution in [1.29, 1.82) is 0 Å². The molecule has 1 aliphatic rings. The number of nitrogens with zero attached hydrogens (tertiary/aromatic N) is 2. The van der Waals surface area contributed by atoms with E-state index < -0.39 is 25.0 Å². The van der Waals surface area contributed by atoms with Crippen LogP contribution in [-0.2, 0) is 9.53 Å². The van der Waals surface area contributed by atoms with E-state index in [1.54, 1.807) is 0 Å². The number of ether oxygens (including phenoxy) is 1. The third-order valence-corrected chi connectivity index (χ3v) is 3.12. The smallest absolute Gasteiger partial charge is 0.319 e. The molecule has 1 rings (SSSR count). The number of halogens is 2. The molecule has 0 atom stereocenters. The van der Waals surface area contributed by atoms with Gasteiger partial charge in [-0.15, -0.1) is 0 Å². The van der Waals surface area contributed by atoms with Crippen molar-refractivity contribution in [3.8, 4) is 0 Å². The molecule has 8 heteroatoms. The van der Waals surface area contributed by atoms with Gasteiger partial charge in [-0.25, -0.2) is 13.6 Å². The van der Waals surface area contributed by atoms with Gasteiger partial charge in [0.2, 0.25) is 0 Å². The minimum absolute atomic E-state index is 0.0454. The highest BCUT2D eigenvalue weighted by molar-refractivity contribution is 5.74. The van der Waals surface area contributed by atoms with E-state index in [4.69, 9.17) is 9.84 Å². The number of carboxylic acid groups (broad SMARTS) is 1. The molecule has 1 fully saturated rings. The van der Waals surface area contributed by atoms with Crippen LogP contribution in [0.5, 0.6) is 0 Å². The number of aliphatic carboxylic acids is 1. The predicted octanol–water partition coefficient (Wildman–Crippen LogP) is 1.26. The largest absolute Gasteiger partial charge is 0.481 e. The molecule has 0 radical (unpaired) electrons. The molecule has 0 spiro atoms. The lowest BCUT2D eigenvalue weighted by Gasteiger charge is -2.34. The number of hydrogen-bond acceptors (Lipinski definition) is 3. The Hall–Kier alpha value is -1.44. The maximum Gasteiger partial charge on any atom is 0.319 e. The first-order chi connectivity index (χ1) is 9.40. The van der Waals surface area contributed by atoms with Crippen molar-refractivity contribution < 1.29 is 28.2 Å². The summed E-state index contributed by atoms with van der Waals surface area (Å²) in [5.41, 5.74) is 0. The van der Waals surface area contributed by atoms with E-state index in [2.05, 4.69) is 0 Å². The van der Waals surface area contributed by atoms with E-state index in [-0.39, 0.29) is 19.1 Å². The highest BCUT2D eigenvalue weighted by Gasteiger charge is 2.26. The van der Waals surface area contributed by atoms with E-state index in [0.717, 1.165) is 4.90 Å². The monoisotopic (exact) mass is 294 g/mol. The standard InChI is InChI=1S/C12H20F2N2O4/c1-15(8-10(13)14)12(19)16-5-2-9(3-6-16)20-7-4-11(17)18/h9-10H,2-8H2,1H3,(H,17,18). The molecule has 116 valence electrons. The van der Waals surface area contributed by atoms with Crippen molar-refractivity contribution in [2.45, 2.75) is 31.8 Å².